The summed E-state index contributed by atoms with van der Waals surface area (Å²) in [5, 5.41) is 37.0. The molecule has 1 aromatic carbocycles. The second kappa shape index (κ2) is 10.7. The van der Waals surface area contributed by atoms with Gasteiger partial charge in [0.05, 0.1) is 30.5 Å². The number of esters is 2. The van der Waals surface area contributed by atoms with E-state index in [0.29, 0.717) is 0 Å². The van der Waals surface area contributed by atoms with Gasteiger partial charge in [0.1, 0.15) is 23.9 Å². The fourth-order valence-corrected chi connectivity index (χ4v) is 12.0. The predicted octanol–water partition coefficient (Wildman–Crippen LogP) is -0.215. The van der Waals surface area contributed by atoms with Crippen molar-refractivity contribution in [3.63, 3.8) is 0 Å². The van der Waals surface area contributed by atoms with E-state index in [4.69, 9.17) is 28.4 Å². The first-order valence-electron chi connectivity index (χ1n) is 15.8. The van der Waals surface area contributed by atoms with E-state index < -0.39 is 100 Å². The van der Waals surface area contributed by atoms with E-state index in [-0.39, 0.29) is 31.6 Å². The van der Waals surface area contributed by atoms with Crippen LogP contribution in [0, 0.1) is 34.5 Å². The molecule has 1 amide bonds. The third-order valence-corrected chi connectivity index (χ3v) is 12.8. The normalized spacial score (nSPS) is 49.4. The third kappa shape index (κ3) is 3.52. The van der Waals surface area contributed by atoms with Gasteiger partial charge in [-0.3, -0.25) is 9.59 Å². The molecule has 0 aromatic heterocycles. The molecule has 46 heavy (non-hydrogen) atoms. The van der Waals surface area contributed by atoms with Crippen LogP contribution in [0.4, 0.5) is 0 Å². The number of aliphatic hydroxyl groups excluding tert-OH is 2. The van der Waals surface area contributed by atoms with Gasteiger partial charge in [0, 0.05) is 83.0 Å². The third-order valence-electron chi connectivity index (χ3n) is 12.8. The number of aliphatic hydroxyl groups is 3. The fourth-order valence-electron chi connectivity index (χ4n) is 12.0. The highest BCUT2D eigenvalue weighted by Crippen LogP contribution is 2.80. The van der Waals surface area contributed by atoms with Crippen molar-refractivity contribution in [1.29, 1.82) is 0 Å². The lowest BCUT2D eigenvalue weighted by atomic mass is 9.42. The van der Waals surface area contributed by atoms with Gasteiger partial charge in [-0.1, -0.05) is 18.2 Å². The van der Waals surface area contributed by atoms with Gasteiger partial charge in [0.15, 0.2) is 5.60 Å². The molecule has 1 aromatic rings. The number of rotatable bonds is 9. The van der Waals surface area contributed by atoms with Crippen molar-refractivity contribution in [3.05, 3.63) is 35.9 Å². The zero-order valence-corrected chi connectivity index (χ0v) is 26.6. The minimum absolute atomic E-state index is 0.0369. The lowest BCUT2D eigenvalue weighted by Crippen LogP contribution is -2.81. The van der Waals surface area contributed by atoms with Gasteiger partial charge < -0.3 is 48.6 Å². The second-order valence-corrected chi connectivity index (χ2v) is 14.1. The maximum atomic E-state index is 13.7. The SMILES string of the molecule is COC[C@]12CN(C=O)C3[C@@H]4C(OC)C1[C@]3(C1CC3(O)C(OC)C(O)C4(OC(C)=O)C1C3OC(=O)c1ccccc1)[C@@H](OC)C[C@H]2O. The summed E-state index contributed by atoms with van der Waals surface area (Å²) in [4.78, 5) is 41.6. The number of likely N-dealkylation sites (tertiary alicyclic amines) is 1. The summed E-state index contributed by atoms with van der Waals surface area (Å²) in [6, 6.07) is 7.64. The summed E-state index contributed by atoms with van der Waals surface area (Å²) in [6.45, 7) is 1.44. The number of carbonyl (C=O) groups is 3. The van der Waals surface area contributed by atoms with Crippen LogP contribution < -0.4 is 0 Å². The van der Waals surface area contributed by atoms with Crippen molar-refractivity contribution in [2.45, 2.75) is 73.6 Å². The molecule has 0 radical (unpaired) electrons. The Morgan fingerprint density at radius 3 is 2.33 bits per heavy atom. The molecule has 1 heterocycles. The molecule has 3 N–H and O–H groups in total. The number of carbonyl (C=O) groups excluding carboxylic acids is 3. The van der Waals surface area contributed by atoms with Gasteiger partial charge in [-0.15, -0.1) is 0 Å². The zero-order chi connectivity index (χ0) is 33.0. The Morgan fingerprint density at radius 2 is 1.74 bits per heavy atom. The Kier molecular flexibility index (Phi) is 7.41. The summed E-state index contributed by atoms with van der Waals surface area (Å²) in [7, 11) is 5.95. The molecule has 1 spiro atoms. The minimum atomic E-state index is -1.92. The molecule has 7 rings (SSSR count). The monoisotopic (exact) mass is 645 g/mol. The first-order valence-corrected chi connectivity index (χ1v) is 15.8. The maximum Gasteiger partial charge on any atom is 0.338 e. The Balaban J connectivity index is 1.53. The first-order chi connectivity index (χ1) is 22.0. The van der Waals surface area contributed by atoms with Crippen LogP contribution in [-0.4, -0.2) is 134 Å². The van der Waals surface area contributed by atoms with Crippen LogP contribution in [0.5, 0.6) is 0 Å². The van der Waals surface area contributed by atoms with E-state index in [0.717, 1.165) is 6.41 Å². The van der Waals surface area contributed by atoms with Gasteiger partial charge in [-0.2, -0.15) is 0 Å². The summed E-state index contributed by atoms with van der Waals surface area (Å²) >= 11 is 0. The first kappa shape index (κ1) is 31.9. The van der Waals surface area contributed by atoms with Crippen molar-refractivity contribution in [3.8, 4) is 0 Å². The van der Waals surface area contributed by atoms with Crippen molar-refractivity contribution in [1.82, 2.24) is 4.90 Å². The predicted molar refractivity (Wildman–Crippen MR) is 156 cm³/mol. The highest BCUT2D eigenvalue weighted by Gasteiger charge is 2.92. The van der Waals surface area contributed by atoms with Gasteiger partial charge in [0.2, 0.25) is 6.41 Å². The standard InChI is InChI=1S/C33H43NO12/c1-16(36)46-33-21-18(12-31(40,28(44-5)26(33)38)27(21)45-29(39)17-9-7-6-8-10-17)32-20(42-3)11-19(37)30(14-41-2)13-34(15-35)25(32)22(33)23(43-4)24(30)32/h6-10,15,18-28,37-38,40H,11-14H2,1-5H3/t18?,19-,20+,21?,22+,23?,24?,25?,26?,27?,28?,30+,31?,32+,33?/m1/s1. The molecular weight excluding hydrogens is 602 g/mol. The zero-order valence-electron chi connectivity index (χ0n) is 26.6. The molecule has 13 heteroatoms. The van der Waals surface area contributed by atoms with Crippen LogP contribution in [0.3, 0.4) is 0 Å². The Labute approximate surface area is 267 Å². The number of hydrogen-bond donors (Lipinski definition) is 3. The average Bonchev–Trinajstić information content (AvgIpc) is 3.41. The Morgan fingerprint density at radius 1 is 1.02 bits per heavy atom. The number of fused-ring (bicyclic) bond motifs is 2. The molecule has 7 bridgehead atoms. The second-order valence-electron chi connectivity index (χ2n) is 14.1. The van der Waals surface area contributed by atoms with E-state index >= 15 is 0 Å². The van der Waals surface area contributed by atoms with Crippen LogP contribution in [0.25, 0.3) is 0 Å². The van der Waals surface area contributed by atoms with Crippen molar-refractivity contribution < 1.29 is 58.1 Å². The van der Waals surface area contributed by atoms with E-state index in [9.17, 15) is 29.7 Å². The van der Waals surface area contributed by atoms with E-state index in [1.54, 1.807) is 42.3 Å². The summed E-state index contributed by atoms with van der Waals surface area (Å²) in [5.74, 6) is -4.46. The van der Waals surface area contributed by atoms with Crippen LogP contribution in [0.1, 0.15) is 30.1 Å². The molecule has 13 nitrogen and oxygen atoms in total. The number of hydrogen-bond acceptors (Lipinski definition) is 12. The van der Waals surface area contributed by atoms with Gasteiger partial charge in [-0.05, 0) is 24.5 Å². The fraction of sp³-hybridized carbons (Fsp3) is 0.727. The number of benzene rings is 1. The van der Waals surface area contributed by atoms with Gasteiger partial charge in [-0.25, -0.2) is 4.79 Å². The van der Waals surface area contributed by atoms with Crippen molar-refractivity contribution >= 4 is 18.3 Å². The summed E-state index contributed by atoms with van der Waals surface area (Å²) in [5.41, 5.74) is -5.54. The topological polar surface area (TPSA) is 171 Å². The van der Waals surface area contributed by atoms with Crippen LogP contribution in [0.15, 0.2) is 30.3 Å². The lowest BCUT2D eigenvalue weighted by Gasteiger charge is -2.69. The smallest absolute Gasteiger partial charge is 0.338 e. The molecular formula is C33H43NO12. The number of nitrogens with zero attached hydrogens (tertiary/aromatic N) is 1. The van der Waals surface area contributed by atoms with Crippen molar-refractivity contribution in [2.75, 3.05) is 41.6 Å². The van der Waals surface area contributed by atoms with E-state index in [1.807, 2.05) is 0 Å². The maximum absolute atomic E-state index is 13.7. The minimum Gasteiger partial charge on any atom is -0.455 e. The molecule has 6 fully saturated rings. The number of ether oxygens (including phenoxy) is 6. The number of methoxy groups -OCH3 is 4. The molecule has 10 unspecified atom stereocenters. The molecule has 15 atom stereocenters. The van der Waals surface area contributed by atoms with Crippen molar-refractivity contribution in [2.24, 2.45) is 34.5 Å². The molecule has 5 aliphatic carbocycles. The largest absolute Gasteiger partial charge is 0.455 e. The molecule has 1 aliphatic heterocycles. The lowest BCUT2D eigenvalue weighted by molar-refractivity contribution is -0.319. The van der Waals surface area contributed by atoms with Crippen LogP contribution in [0.2, 0.25) is 0 Å². The molecule has 6 aliphatic rings. The highest BCUT2D eigenvalue weighted by molar-refractivity contribution is 5.89. The quantitative estimate of drug-likeness (QED) is 0.239. The van der Waals surface area contributed by atoms with Crippen LogP contribution >= 0.6 is 0 Å². The van der Waals surface area contributed by atoms with Gasteiger partial charge >= 0.3 is 11.9 Å². The molecule has 1 saturated heterocycles. The van der Waals surface area contributed by atoms with Crippen LogP contribution in [-0.2, 0) is 38.0 Å². The van der Waals surface area contributed by atoms with E-state index in [2.05, 4.69) is 0 Å². The highest BCUT2D eigenvalue weighted by atomic mass is 16.6. The molecule has 5 saturated carbocycles. The number of amides is 1. The average molecular weight is 646 g/mol. The Hall–Kier alpha value is -2.65. The Bertz CT molecular complexity index is 1400. The van der Waals surface area contributed by atoms with Gasteiger partial charge in [0.25, 0.3) is 0 Å². The summed E-state index contributed by atoms with van der Waals surface area (Å²) in [6.07, 6.45) is -5.77. The molecule has 252 valence electrons. The van der Waals surface area contributed by atoms with E-state index in [1.165, 1.54) is 28.3 Å². The number of piperidine rings is 1. The summed E-state index contributed by atoms with van der Waals surface area (Å²) < 4.78 is 36.8.